The summed E-state index contributed by atoms with van der Waals surface area (Å²) >= 11 is 0. The Bertz CT molecular complexity index is 991. The minimum atomic E-state index is -0.861. The lowest BCUT2D eigenvalue weighted by Gasteiger charge is -2.12. The second-order valence-electron chi connectivity index (χ2n) is 6.70. The van der Waals surface area contributed by atoms with Gasteiger partial charge in [0.15, 0.2) is 18.1 Å². The Morgan fingerprint density at radius 2 is 1.74 bits per heavy atom. The molecule has 31 heavy (non-hydrogen) atoms. The van der Waals surface area contributed by atoms with Gasteiger partial charge < -0.3 is 24.4 Å². The van der Waals surface area contributed by atoms with E-state index in [0.29, 0.717) is 17.1 Å². The van der Waals surface area contributed by atoms with Crippen LogP contribution in [0.1, 0.15) is 11.1 Å². The van der Waals surface area contributed by atoms with E-state index in [4.69, 9.17) is 14.2 Å². The fraction of sp³-hybridized carbons (Fsp3) is 0.261. The van der Waals surface area contributed by atoms with Gasteiger partial charge in [-0.25, -0.2) is 4.79 Å². The van der Waals surface area contributed by atoms with Crippen molar-refractivity contribution in [2.75, 3.05) is 39.8 Å². The van der Waals surface area contributed by atoms with Crippen molar-refractivity contribution in [3.63, 3.8) is 0 Å². The number of esters is 1. The number of benzene rings is 2. The Hall–Kier alpha value is -3.99. The van der Waals surface area contributed by atoms with Crippen molar-refractivity contribution < 1.29 is 23.8 Å². The third-order valence-corrected chi connectivity index (χ3v) is 4.33. The normalized spacial score (nSPS) is 10.6. The first kappa shape index (κ1) is 23.3. The van der Waals surface area contributed by atoms with Gasteiger partial charge in [0.05, 0.1) is 14.2 Å². The molecular formula is C23H25N3O5. The molecule has 0 saturated carbocycles. The molecule has 0 bridgehead atoms. The third kappa shape index (κ3) is 6.78. The summed E-state index contributed by atoms with van der Waals surface area (Å²) in [5, 5.41) is 11.9. The van der Waals surface area contributed by atoms with Crippen LogP contribution < -0.4 is 19.7 Å². The standard InChI is InChI=1S/C23H25N3O5/c1-26(2)19-8-5-16(6-9-19)11-18(13-24)23(28)31-15-22(27)25-14-17-7-10-20(29-3)21(12-17)30-4/h5-12H,14-15H2,1-4H3,(H,25,27)/b18-11+. The number of hydrogen-bond acceptors (Lipinski definition) is 7. The Balaban J connectivity index is 1.90. The van der Waals surface area contributed by atoms with E-state index in [2.05, 4.69) is 5.32 Å². The summed E-state index contributed by atoms with van der Waals surface area (Å²) in [5.41, 5.74) is 2.27. The molecule has 0 spiro atoms. The van der Waals surface area contributed by atoms with Crippen molar-refractivity contribution in [3.8, 4) is 17.6 Å². The number of rotatable bonds is 9. The number of hydrogen-bond donors (Lipinski definition) is 1. The van der Waals surface area contributed by atoms with E-state index >= 15 is 0 Å². The summed E-state index contributed by atoms with van der Waals surface area (Å²) in [4.78, 5) is 26.1. The fourth-order valence-electron chi connectivity index (χ4n) is 2.62. The van der Waals surface area contributed by atoms with Gasteiger partial charge >= 0.3 is 5.97 Å². The number of carbonyl (C=O) groups is 2. The highest BCUT2D eigenvalue weighted by atomic mass is 16.5. The van der Waals surface area contributed by atoms with Crippen LogP contribution in [0.4, 0.5) is 5.69 Å². The molecule has 0 aliphatic heterocycles. The highest BCUT2D eigenvalue weighted by molar-refractivity contribution is 5.98. The average molecular weight is 423 g/mol. The molecule has 0 atom stereocenters. The number of carbonyl (C=O) groups excluding carboxylic acids is 2. The van der Waals surface area contributed by atoms with Crippen LogP contribution >= 0.6 is 0 Å². The summed E-state index contributed by atoms with van der Waals surface area (Å²) in [7, 11) is 6.89. The lowest BCUT2D eigenvalue weighted by Crippen LogP contribution is -2.28. The number of anilines is 1. The van der Waals surface area contributed by atoms with Gasteiger partial charge in [0.1, 0.15) is 11.6 Å². The van der Waals surface area contributed by atoms with Crippen LogP contribution in [0.2, 0.25) is 0 Å². The van der Waals surface area contributed by atoms with Crippen molar-refractivity contribution in [1.82, 2.24) is 5.32 Å². The first-order valence-electron chi connectivity index (χ1n) is 9.41. The molecule has 162 valence electrons. The van der Waals surface area contributed by atoms with Crippen molar-refractivity contribution in [1.29, 1.82) is 5.26 Å². The first-order chi connectivity index (χ1) is 14.9. The lowest BCUT2D eigenvalue weighted by atomic mass is 10.1. The topological polar surface area (TPSA) is 101 Å². The molecular weight excluding hydrogens is 398 g/mol. The van der Waals surface area contributed by atoms with Crippen molar-refractivity contribution in [2.24, 2.45) is 0 Å². The number of amides is 1. The zero-order valence-electron chi connectivity index (χ0n) is 18.0. The molecule has 8 heteroatoms. The molecule has 0 aromatic heterocycles. The zero-order chi connectivity index (χ0) is 22.8. The molecule has 1 amide bonds. The fourth-order valence-corrected chi connectivity index (χ4v) is 2.62. The summed E-state index contributed by atoms with van der Waals surface area (Å²) in [6, 6.07) is 14.4. The van der Waals surface area contributed by atoms with E-state index in [9.17, 15) is 14.9 Å². The highest BCUT2D eigenvalue weighted by Gasteiger charge is 2.13. The lowest BCUT2D eigenvalue weighted by molar-refractivity contribution is -0.144. The first-order valence-corrected chi connectivity index (χ1v) is 9.41. The molecule has 0 unspecified atom stereocenters. The van der Waals surface area contributed by atoms with Gasteiger partial charge in [0.2, 0.25) is 0 Å². The maximum absolute atomic E-state index is 12.2. The maximum atomic E-state index is 12.2. The van der Waals surface area contributed by atoms with Gasteiger partial charge in [-0.3, -0.25) is 4.79 Å². The number of nitriles is 1. The van der Waals surface area contributed by atoms with Gasteiger partial charge in [-0.05, 0) is 41.5 Å². The molecule has 2 aromatic carbocycles. The summed E-state index contributed by atoms with van der Waals surface area (Å²) in [6.45, 7) is -0.277. The van der Waals surface area contributed by atoms with E-state index in [-0.39, 0.29) is 12.1 Å². The van der Waals surface area contributed by atoms with Crippen LogP contribution in [0, 0.1) is 11.3 Å². The molecule has 0 aliphatic rings. The van der Waals surface area contributed by atoms with Crippen LogP contribution in [-0.4, -0.2) is 46.8 Å². The van der Waals surface area contributed by atoms with Gasteiger partial charge in [-0.2, -0.15) is 5.26 Å². The van der Waals surface area contributed by atoms with Crippen LogP contribution in [-0.2, 0) is 20.9 Å². The molecule has 0 aliphatic carbocycles. The minimum Gasteiger partial charge on any atom is -0.493 e. The summed E-state index contributed by atoms with van der Waals surface area (Å²) in [6.07, 6.45) is 1.42. The summed E-state index contributed by atoms with van der Waals surface area (Å²) in [5.74, 6) is -0.224. The quantitative estimate of drug-likeness (QED) is 0.376. The van der Waals surface area contributed by atoms with Gasteiger partial charge in [0, 0.05) is 26.3 Å². The van der Waals surface area contributed by atoms with Crippen molar-refractivity contribution >= 4 is 23.6 Å². The van der Waals surface area contributed by atoms with Crippen LogP contribution in [0.25, 0.3) is 6.08 Å². The molecule has 0 saturated heterocycles. The molecule has 8 nitrogen and oxygen atoms in total. The number of ether oxygens (including phenoxy) is 3. The van der Waals surface area contributed by atoms with Gasteiger partial charge in [-0.15, -0.1) is 0 Å². The smallest absolute Gasteiger partial charge is 0.349 e. The second-order valence-corrected chi connectivity index (χ2v) is 6.70. The van der Waals surface area contributed by atoms with Crippen LogP contribution in [0.15, 0.2) is 48.0 Å². The molecule has 0 heterocycles. The number of nitrogens with one attached hydrogen (secondary N) is 1. The third-order valence-electron chi connectivity index (χ3n) is 4.33. The van der Waals surface area contributed by atoms with E-state index in [0.717, 1.165) is 11.3 Å². The minimum absolute atomic E-state index is 0.190. The Kier molecular flexibility index (Phi) is 8.46. The van der Waals surface area contributed by atoms with Crippen LogP contribution in [0.3, 0.4) is 0 Å². The average Bonchev–Trinajstić information content (AvgIpc) is 2.79. The Morgan fingerprint density at radius 3 is 2.32 bits per heavy atom. The number of methoxy groups -OCH3 is 2. The van der Waals surface area contributed by atoms with Gasteiger partial charge in [-0.1, -0.05) is 18.2 Å². The second kappa shape index (κ2) is 11.3. The molecule has 1 N–H and O–H groups in total. The highest BCUT2D eigenvalue weighted by Crippen LogP contribution is 2.27. The number of nitrogens with zero attached hydrogens (tertiary/aromatic N) is 2. The van der Waals surface area contributed by atoms with E-state index in [1.165, 1.54) is 20.3 Å². The molecule has 2 aromatic rings. The van der Waals surface area contributed by atoms with Crippen molar-refractivity contribution in [3.05, 3.63) is 59.2 Å². The van der Waals surface area contributed by atoms with Gasteiger partial charge in [0.25, 0.3) is 5.91 Å². The monoisotopic (exact) mass is 423 g/mol. The van der Waals surface area contributed by atoms with E-state index in [1.807, 2.05) is 37.2 Å². The SMILES string of the molecule is COc1ccc(CNC(=O)COC(=O)/C(C#N)=C/c2ccc(N(C)C)cc2)cc1OC. The predicted octanol–water partition coefficient (Wildman–Crippen LogP) is 2.54. The van der Waals surface area contributed by atoms with Crippen LogP contribution in [0.5, 0.6) is 11.5 Å². The molecule has 0 radical (unpaired) electrons. The zero-order valence-corrected chi connectivity index (χ0v) is 18.0. The largest absolute Gasteiger partial charge is 0.493 e. The Labute approximate surface area is 181 Å². The summed E-state index contributed by atoms with van der Waals surface area (Å²) < 4.78 is 15.4. The van der Waals surface area contributed by atoms with Crippen molar-refractivity contribution in [2.45, 2.75) is 6.54 Å². The van der Waals surface area contributed by atoms with E-state index < -0.39 is 18.5 Å². The maximum Gasteiger partial charge on any atom is 0.349 e. The van der Waals surface area contributed by atoms with E-state index in [1.54, 1.807) is 30.3 Å². The molecule has 0 fully saturated rings. The molecule has 2 rings (SSSR count). The predicted molar refractivity (Wildman–Crippen MR) is 117 cm³/mol. The Morgan fingerprint density at radius 1 is 1.06 bits per heavy atom.